The second-order valence-electron chi connectivity index (χ2n) is 5.74. The Hall–Kier alpha value is -1.80. The average molecular weight is 335 g/mol. The summed E-state index contributed by atoms with van der Waals surface area (Å²) in [7, 11) is -0.365. The lowest BCUT2D eigenvalue weighted by Crippen LogP contribution is -2.21. The Bertz CT molecular complexity index is 717. The van der Waals surface area contributed by atoms with Gasteiger partial charge < -0.3 is 4.67 Å². The fourth-order valence-electron chi connectivity index (χ4n) is 2.50. The number of halogens is 3. The number of aryl methyl sites for hydroxylation is 2. The third-order valence-electron chi connectivity index (χ3n) is 3.83. The van der Waals surface area contributed by atoms with Crippen LogP contribution in [-0.2, 0) is 0 Å². The summed E-state index contributed by atoms with van der Waals surface area (Å²) < 4.78 is 41.4. The molecule has 0 N–H and O–H groups in total. The zero-order valence-corrected chi connectivity index (χ0v) is 13.9. The van der Waals surface area contributed by atoms with E-state index in [9.17, 15) is 13.2 Å². The third kappa shape index (κ3) is 3.42. The molecule has 1 aliphatic heterocycles. The lowest BCUT2D eigenvalue weighted by molar-refractivity contribution is -0.120. The molecule has 0 aliphatic carbocycles. The number of anilines is 1. The van der Waals surface area contributed by atoms with Crippen LogP contribution in [0.1, 0.15) is 16.7 Å². The van der Waals surface area contributed by atoms with Gasteiger partial charge in [0, 0.05) is 11.4 Å². The number of allylic oxidation sites excluding steroid dienone is 1. The minimum absolute atomic E-state index is 0.365. The number of benzene rings is 2. The van der Waals surface area contributed by atoms with E-state index in [0.717, 1.165) is 22.4 Å². The van der Waals surface area contributed by atoms with Gasteiger partial charge in [-0.1, -0.05) is 47.5 Å². The van der Waals surface area contributed by atoms with Gasteiger partial charge in [-0.15, -0.1) is 0 Å². The molecule has 2 unspecified atom stereocenters. The van der Waals surface area contributed by atoms with E-state index in [1.807, 2.05) is 62.4 Å². The van der Waals surface area contributed by atoms with E-state index in [1.54, 1.807) is 4.67 Å². The molecule has 120 valence electrons. The molecule has 1 heterocycles. The van der Waals surface area contributed by atoms with Crippen molar-refractivity contribution in [3.05, 3.63) is 71.3 Å². The van der Waals surface area contributed by atoms with Gasteiger partial charge in [0.15, 0.2) is 0 Å². The normalized spacial score (nSPS) is 19.3. The number of alkyl halides is 3. The molecule has 2 atom stereocenters. The number of hydrogen-bond donors (Lipinski definition) is 0. The fraction of sp³-hybridized carbons (Fsp3) is 0.222. The molecule has 0 bridgehead atoms. The fourth-order valence-corrected chi connectivity index (χ4v) is 3.80. The molecule has 3 rings (SSSR count). The highest BCUT2D eigenvalue weighted by atomic mass is 31.1. The van der Waals surface area contributed by atoms with E-state index < -0.39 is 11.8 Å². The van der Waals surface area contributed by atoms with Crippen molar-refractivity contribution in [1.82, 2.24) is 0 Å². The molecular formula is C18H17F3NP. The Labute approximate surface area is 135 Å². The van der Waals surface area contributed by atoms with Crippen molar-refractivity contribution in [3.8, 4) is 0 Å². The van der Waals surface area contributed by atoms with Gasteiger partial charge in [0.25, 0.3) is 0 Å². The van der Waals surface area contributed by atoms with Crippen molar-refractivity contribution in [1.29, 1.82) is 0 Å². The van der Waals surface area contributed by atoms with E-state index in [1.165, 1.54) is 6.08 Å². The van der Waals surface area contributed by atoms with Gasteiger partial charge in [0.05, 0.1) is 0 Å². The van der Waals surface area contributed by atoms with E-state index in [0.29, 0.717) is 5.70 Å². The molecule has 0 aromatic heterocycles. The Morgan fingerprint density at radius 2 is 1.39 bits per heavy atom. The van der Waals surface area contributed by atoms with Crippen LogP contribution in [0, 0.1) is 13.8 Å². The van der Waals surface area contributed by atoms with Gasteiger partial charge in [-0.3, -0.25) is 0 Å². The van der Waals surface area contributed by atoms with Gasteiger partial charge >= 0.3 is 6.18 Å². The zero-order chi connectivity index (χ0) is 16.6. The molecule has 1 nitrogen and oxygen atoms in total. The molecule has 0 saturated heterocycles. The Morgan fingerprint density at radius 3 is 1.91 bits per heavy atom. The van der Waals surface area contributed by atoms with Crippen molar-refractivity contribution in [2.75, 3.05) is 4.67 Å². The van der Waals surface area contributed by atoms with Crippen LogP contribution in [0.5, 0.6) is 0 Å². The maximum Gasteiger partial charge on any atom is 0.400 e. The van der Waals surface area contributed by atoms with Crippen LogP contribution in [0.15, 0.2) is 54.6 Å². The quantitative estimate of drug-likeness (QED) is 0.637. The lowest BCUT2D eigenvalue weighted by Gasteiger charge is -2.24. The first kappa shape index (κ1) is 16.1. The summed E-state index contributed by atoms with van der Waals surface area (Å²) >= 11 is 0. The molecular weight excluding hydrogens is 318 g/mol. The number of rotatable bonds is 2. The minimum Gasteiger partial charge on any atom is -0.322 e. The number of hydrogen-bond acceptors (Lipinski definition) is 1. The van der Waals surface area contributed by atoms with Gasteiger partial charge in [-0.05, 0) is 46.4 Å². The molecule has 1 aliphatic rings. The molecule has 0 spiro atoms. The SMILES string of the molecule is Cc1ccc(C2=CC(C(F)(F)F)PN2c2ccc(C)cc2)cc1. The van der Waals surface area contributed by atoms with Crippen LogP contribution in [0.3, 0.4) is 0 Å². The summed E-state index contributed by atoms with van der Waals surface area (Å²) in [6.07, 6.45) is -2.86. The van der Waals surface area contributed by atoms with E-state index in [2.05, 4.69) is 0 Å². The summed E-state index contributed by atoms with van der Waals surface area (Å²) in [5.41, 5.74) is 3.01. The van der Waals surface area contributed by atoms with Crippen molar-refractivity contribution in [3.63, 3.8) is 0 Å². The largest absolute Gasteiger partial charge is 0.400 e. The summed E-state index contributed by atoms with van der Waals surface area (Å²) in [4.78, 5) is 0. The van der Waals surface area contributed by atoms with Gasteiger partial charge in [-0.2, -0.15) is 13.2 Å². The van der Waals surface area contributed by atoms with E-state index in [-0.39, 0.29) is 8.73 Å². The second-order valence-corrected chi connectivity index (χ2v) is 7.06. The van der Waals surface area contributed by atoms with Crippen LogP contribution in [0.25, 0.3) is 5.70 Å². The van der Waals surface area contributed by atoms with Crippen LogP contribution in [-0.4, -0.2) is 11.8 Å². The summed E-state index contributed by atoms with van der Waals surface area (Å²) in [6.45, 7) is 3.93. The number of nitrogens with zero attached hydrogens (tertiary/aromatic N) is 1. The van der Waals surface area contributed by atoms with E-state index >= 15 is 0 Å². The van der Waals surface area contributed by atoms with Gasteiger partial charge in [0.1, 0.15) is 5.66 Å². The summed E-state index contributed by atoms with van der Waals surface area (Å²) in [5.74, 6) is 0. The molecule has 5 heteroatoms. The highest BCUT2D eigenvalue weighted by Crippen LogP contribution is 2.50. The first-order valence-electron chi connectivity index (χ1n) is 7.33. The standard InChI is InChI=1S/C18H17F3NP/c1-12-3-7-14(8-4-12)16-11-17(18(19,20)21)23-22(16)15-9-5-13(2)6-10-15/h3-11,17,23H,1-2H3. The lowest BCUT2D eigenvalue weighted by atomic mass is 10.1. The van der Waals surface area contributed by atoms with Crippen LogP contribution < -0.4 is 4.67 Å². The van der Waals surface area contributed by atoms with Crippen molar-refractivity contribution in [2.24, 2.45) is 0 Å². The van der Waals surface area contributed by atoms with Crippen LogP contribution in [0.2, 0.25) is 0 Å². The second kappa shape index (κ2) is 6.01. The topological polar surface area (TPSA) is 3.24 Å². The van der Waals surface area contributed by atoms with E-state index in [4.69, 9.17) is 0 Å². The average Bonchev–Trinajstić information content (AvgIpc) is 2.94. The van der Waals surface area contributed by atoms with Crippen molar-refractivity contribution >= 4 is 20.1 Å². The first-order chi connectivity index (χ1) is 10.8. The smallest absolute Gasteiger partial charge is 0.322 e. The third-order valence-corrected chi connectivity index (χ3v) is 5.36. The Kier molecular flexibility index (Phi) is 4.20. The predicted octanol–water partition coefficient (Wildman–Crippen LogP) is 5.69. The highest BCUT2D eigenvalue weighted by Gasteiger charge is 2.44. The first-order valence-corrected chi connectivity index (χ1v) is 8.35. The molecule has 2 aromatic rings. The van der Waals surface area contributed by atoms with Crippen LogP contribution in [0.4, 0.5) is 18.9 Å². The molecule has 0 radical (unpaired) electrons. The minimum atomic E-state index is -4.21. The molecule has 23 heavy (non-hydrogen) atoms. The van der Waals surface area contributed by atoms with Gasteiger partial charge in [0.2, 0.25) is 0 Å². The summed E-state index contributed by atoms with van der Waals surface area (Å²) in [5, 5.41) is 0. The molecule has 2 aromatic carbocycles. The molecule has 0 amide bonds. The maximum absolute atomic E-state index is 13.2. The Morgan fingerprint density at radius 1 is 0.870 bits per heavy atom. The van der Waals surface area contributed by atoms with Gasteiger partial charge in [-0.25, -0.2) is 0 Å². The Balaban J connectivity index is 2.02. The highest BCUT2D eigenvalue weighted by molar-refractivity contribution is 7.42. The predicted molar refractivity (Wildman–Crippen MR) is 91.0 cm³/mol. The molecule has 0 saturated carbocycles. The monoisotopic (exact) mass is 335 g/mol. The maximum atomic E-state index is 13.2. The van der Waals surface area contributed by atoms with Crippen LogP contribution >= 0.6 is 8.73 Å². The molecule has 0 fully saturated rings. The van der Waals surface area contributed by atoms with Crippen molar-refractivity contribution in [2.45, 2.75) is 25.7 Å². The van der Waals surface area contributed by atoms with Crippen molar-refractivity contribution < 1.29 is 13.2 Å². The summed E-state index contributed by atoms with van der Waals surface area (Å²) in [6, 6.07) is 15.2. The zero-order valence-electron chi connectivity index (χ0n) is 12.9.